The molecular weight excluding hydrogens is 514 g/mol. The molecule has 1 aromatic carbocycles. The van der Waals surface area contributed by atoms with Gasteiger partial charge in [-0.05, 0) is 37.5 Å². The predicted molar refractivity (Wildman–Crippen MR) is 129 cm³/mol. The molecule has 7 nitrogen and oxygen atoms in total. The zero-order valence-corrected chi connectivity index (χ0v) is 20.7. The third kappa shape index (κ3) is 7.28. The quantitative estimate of drug-likeness (QED) is 0.255. The van der Waals surface area contributed by atoms with Crippen LogP contribution in [-0.2, 0) is 14.3 Å². The molecule has 2 aliphatic rings. The number of nitrogens with one attached hydrogen (secondary N) is 1. The second kappa shape index (κ2) is 13.2. The monoisotopic (exact) mass is 548 g/mol. The van der Waals surface area contributed by atoms with Gasteiger partial charge in [-0.3, -0.25) is 14.7 Å². The van der Waals surface area contributed by atoms with Gasteiger partial charge < -0.3 is 19.7 Å². The third-order valence-corrected chi connectivity index (χ3v) is 5.80. The fraction of sp³-hybridized carbons (Fsp3) is 0.636. The molecule has 2 aliphatic heterocycles. The second-order valence-electron chi connectivity index (χ2n) is 7.66. The molecule has 1 unspecified atom stereocenters. The summed E-state index contributed by atoms with van der Waals surface area (Å²) >= 11 is 0. The molecule has 2 fully saturated rings. The highest BCUT2D eigenvalue weighted by Gasteiger charge is 2.28. The molecule has 2 saturated heterocycles. The van der Waals surface area contributed by atoms with Crippen LogP contribution in [0.3, 0.4) is 0 Å². The molecule has 3 rings (SSSR count). The van der Waals surface area contributed by atoms with E-state index in [1.807, 2.05) is 13.0 Å². The minimum atomic E-state index is -0.226. The van der Waals surface area contributed by atoms with E-state index in [1.165, 1.54) is 6.07 Å². The number of nitrogens with zero attached hydrogens (tertiary/aromatic N) is 3. The van der Waals surface area contributed by atoms with E-state index in [9.17, 15) is 9.18 Å². The SMILES string of the molecule is CCOC(=O)C1CCN(C(=NC)NCC(c2cccc(F)c2)N2CCOCC2)CC1.I. The number of carbonyl (C=O) groups is 1. The van der Waals surface area contributed by atoms with Crippen molar-refractivity contribution in [3.63, 3.8) is 0 Å². The minimum absolute atomic E-state index is 0. The van der Waals surface area contributed by atoms with Crippen molar-refractivity contribution in [3.05, 3.63) is 35.6 Å². The van der Waals surface area contributed by atoms with E-state index in [2.05, 4.69) is 20.1 Å². The molecule has 1 N–H and O–H groups in total. The summed E-state index contributed by atoms with van der Waals surface area (Å²) in [5.41, 5.74) is 0.945. The summed E-state index contributed by atoms with van der Waals surface area (Å²) in [5.74, 6) is 0.453. The van der Waals surface area contributed by atoms with E-state index in [0.29, 0.717) is 26.4 Å². The normalized spacial score (nSPS) is 19.5. The lowest BCUT2D eigenvalue weighted by Gasteiger charge is -2.37. The van der Waals surface area contributed by atoms with E-state index >= 15 is 0 Å². The van der Waals surface area contributed by atoms with Crippen molar-refractivity contribution in [2.45, 2.75) is 25.8 Å². The summed E-state index contributed by atoms with van der Waals surface area (Å²) in [6.07, 6.45) is 1.52. The predicted octanol–water partition coefficient (Wildman–Crippen LogP) is 2.67. The molecule has 0 radical (unpaired) electrons. The van der Waals surface area contributed by atoms with Crippen LogP contribution in [0.25, 0.3) is 0 Å². The van der Waals surface area contributed by atoms with Crippen LogP contribution in [0, 0.1) is 11.7 Å². The Morgan fingerprint density at radius 2 is 2.00 bits per heavy atom. The van der Waals surface area contributed by atoms with Crippen molar-refractivity contribution in [3.8, 4) is 0 Å². The first kappa shape index (κ1) is 25.8. The Bertz CT molecular complexity index is 722. The molecule has 174 valence electrons. The first-order chi connectivity index (χ1) is 14.6. The Morgan fingerprint density at radius 1 is 1.29 bits per heavy atom. The number of hydrogen-bond donors (Lipinski definition) is 1. The maximum absolute atomic E-state index is 13.9. The van der Waals surface area contributed by atoms with Gasteiger partial charge in [0.05, 0.1) is 31.8 Å². The van der Waals surface area contributed by atoms with Gasteiger partial charge in [0, 0.05) is 39.8 Å². The molecule has 0 amide bonds. The lowest BCUT2D eigenvalue weighted by molar-refractivity contribution is -0.149. The van der Waals surface area contributed by atoms with Gasteiger partial charge in [0.25, 0.3) is 0 Å². The van der Waals surface area contributed by atoms with Crippen molar-refractivity contribution in [1.29, 1.82) is 0 Å². The average molecular weight is 548 g/mol. The number of esters is 1. The van der Waals surface area contributed by atoms with Gasteiger partial charge >= 0.3 is 5.97 Å². The molecule has 0 bridgehead atoms. The fourth-order valence-corrected chi connectivity index (χ4v) is 4.17. The molecule has 9 heteroatoms. The van der Waals surface area contributed by atoms with Crippen LogP contribution in [0.15, 0.2) is 29.3 Å². The fourth-order valence-electron chi connectivity index (χ4n) is 4.17. The highest BCUT2D eigenvalue weighted by atomic mass is 127. The minimum Gasteiger partial charge on any atom is -0.466 e. The van der Waals surface area contributed by atoms with Crippen LogP contribution in [0.5, 0.6) is 0 Å². The summed E-state index contributed by atoms with van der Waals surface area (Å²) < 4.78 is 24.5. The van der Waals surface area contributed by atoms with Crippen molar-refractivity contribution in [2.75, 3.05) is 59.6 Å². The summed E-state index contributed by atoms with van der Waals surface area (Å²) in [6.45, 7) is 7.38. The Labute approximate surface area is 201 Å². The Morgan fingerprint density at radius 3 is 2.61 bits per heavy atom. The Kier molecular flexibility index (Phi) is 11.0. The lowest BCUT2D eigenvalue weighted by Crippen LogP contribution is -2.50. The maximum Gasteiger partial charge on any atom is 0.309 e. The number of guanidine groups is 1. The highest BCUT2D eigenvalue weighted by molar-refractivity contribution is 14.0. The van der Waals surface area contributed by atoms with Gasteiger partial charge in [0.15, 0.2) is 5.96 Å². The topological polar surface area (TPSA) is 66.4 Å². The number of ether oxygens (including phenoxy) is 2. The van der Waals surface area contributed by atoms with Crippen LogP contribution in [0.4, 0.5) is 4.39 Å². The molecular formula is C22H34FIN4O3. The zero-order valence-electron chi connectivity index (χ0n) is 18.4. The largest absolute Gasteiger partial charge is 0.466 e. The van der Waals surface area contributed by atoms with Crippen molar-refractivity contribution in [1.82, 2.24) is 15.1 Å². The van der Waals surface area contributed by atoms with Gasteiger partial charge in [-0.1, -0.05) is 12.1 Å². The summed E-state index contributed by atoms with van der Waals surface area (Å²) in [6, 6.07) is 6.83. The van der Waals surface area contributed by atoms with Crippen molar-refractivity contribution >= 4 is 35.9 Å². The van der Waals surface area contributed by atoms with Crippen molar-refractivity contribution < 1.29 is 18.7 Å². The Balaban J connectivity index is 0.00000341. The number of hydrogen-bond acceptors (Lipinski definition) is 5. The molecule has 1 atom stereocenters. The number of piperidine rings is 1. The molecule has 0 aromatic heterocycles. The highest BCUT2D eigenvalue weighted by Crippen LogP contribution is 2.23. The number of morpholine rings is 1. The number of carbonyl (C=O) groups excluding carboxylic acids is 1. The van der Waals surface area contributed by atoms with E-state index in [0.717, 1.165) is 50.5 Å². The van der Waals surface area contributed by atoms with Crippen LogP contribution in [-0.4, -0.2) is 81.3 Å². The number of rotatable bonds is 6. The maximum atomic E-state index is 13.9. The standard InChI is InChI=1S/C22H33FN4O3.HI/c1-3-30-21(28)17-7-9-27(10-8-17)22(24-2)25-16-20(26-11-13-29-14-12-26)18-5-4-6-19(23)15-18;/h4-6,15,17,20H,3,7-14,16H2,1-2H3,(H,24,25);1H. The van der Waals surface area contributed by atoms with E-state index in [1.54, 1.807) is 19.2 Å². The lowest BCUT2D eigenvalue weighted by atomic mass is 9.97. The van der Waals surface area contributed by atoms with Crippen molar-refractivity contribution in [2.24, 2.45) is 10.9 Å². The summed E-state index contributed by atoms with van der Waals surface area (Å²) in [4.78, 5) is 20.9. The summed E-state index contributed by atoms with van der Waals surface area (Å²) in [5, 5.41) is 3.48. The number of likely N-dealkylation sites (tertiary alicyclic amines) is 1. The molecule has 0 saturated carbocycles. The van der Waals surface area contributed by atoms with E-state index in [-0.39, 0.29) is 47.7 Å². The number of aliphatic imine (C=N–C) groups is 1. The summed E-state index contributed by atoms with van der Waals surface area (Å²) in [7, 11) is 1.77. The molecule has 31 heavy (non-hydrogen) atoms. The second-order valence-corrected chi connectivity index (χ2v) is 7.66. The third-order valence-electron chi connectivity index (χ3n) is 5.80. The van der Waals surface area contributed by atoms with Crippen LogP contribution < -0.4 is 5.32 Å². The van der Waals surface area contributed by atoms with Crippen LogP contribution in [0.2, 0.25) is 0 Å². The average Bonchev–Trinajstić information content (AvgIpc) is 2.78. The molecule has 1 aromatic rings. The molecule has 0 aliphatic carbocycles. The smallest absolute Gasteiger partial charge is 0.309 e. The molecule has 2 heterocycles. The van der Waals surface area contributed by atoms with Crippen LogP contribution in [0.1, 0.15) is 31.4 Å². The van der Waals surface area contributed by atoms with Gasteiger partial charge in [-0.15, -0.1) is 24.0 Å². The van der Waals surface area contributed by atoms with Gasteiger partial charge in [-0.25, -0.2) is 4.39 Å². The van der Waals surface area contributed by atoms with Gasteiger partial charge in [0.2, 0.25) is 0 Å². The first-order valence-electron chi connectivity index (χ1n) is 10.8. The van der Waals surface area contributed by atoms with Gasteiger partial charge in [0.1, 0.15) is 5.82 Å². The number of benzene rings is 1. The van der Waals surface area contributed by atoms with E-state index < -0.39 is 0 Å². The van der Waals surface area contributed by atoms with Crippen LogP contribution >= 0.6 is 24.0 Å². The van der Waals surface area contributed by atoms with E-state index in [4.69, 9.17) is 9.47 Å². The Hall–Kier alpha value is -1.46. The molecule has 0 spiro atoms. The number of halogens is 2. The zero-order chi connectivity index (χ0) is 21.3. The van der Waals surface area contributed by atoms with Gasteiger partial charge in [-0.2, -0.15) is 0 Å². The first-order valence-corrected chi connectivity index (χ1v) is 10.8.